The van der Waals surface area contributed by atoms with E-state index >= 15 is 0 Å². The van der Waals surface area contributed by atoms with Gasteiger partial charge in [0, 0.05) is 5.75 Å². The molecule has 14 heavy (non-hydrogen) atoms. The Labute approximate surface area is 88.5 Å². The third kappa shape index (κ3) is 1.61. The van der Waals surface area contributed by atoms with Crippen LogP contribution in [0.1, 0.15) is 26.6 Å². The first-order valence-electron chi connectivity index (χ1n) is 4.80. The highest BCUT2D eigenvalue weighted by Crippen LogP contribution is 2.30. The molecule has 0 fully saturated rings. The summed E-state index contributed by atoms with van der Waals surface area (Å²) < 4.78 is 1.99. The van der Waals surface area contributed by atoms with Crippen LogP contribution in [0.2, 0.25) is 0 Å². The average molecular weight is 212 g/mol. The van der Waals surface area contributed by atoms with Crippen LogP contribution in [0.25, 0.3) is 0 Å². The van der Waals surface area contributed by atoms with Gasteiger partial charge < -0.3 is 5.43 Å². The molecule has 0 saturated carbocycles. The van der Waals surface area contributed by atoms with Gasteiger partial charge in [0.1, 0.15) is 5.82 Å². The second-order valence-electron chi connectivity index (χ2n) is 4.72. The maximum atomic E-state index is 4.09. The molecule has 2 rings (SSSR count). The Balaban J connectivity index is 2.24. The van der Waals surface area contributed by atoms with Crippen molar-refractivity contribution < 1.29 is 0 Å². The summed E-state index contributed by atoms with van der Waals surface area (Å²) in [5.41, 5.74) is 3.72. The molecule has 0 amide bonds. The Morgan fingerprint density at radius 1 is 1.43 bits per heavy atom. The number of hydrogen-bond donors (Lipinski definition) is 1. The predicted molar refractivity (Wildman–Crippen MR) is 58.1 cm³/mol. The molecule has 5 heteroatoms. The van der Waals surface area contributed by atoms with E-state index in [-0.39, 0.29) is 5.41 Å². The zero-order valence-electron chi connectivity index (χ0n) is 9.03. The van der Waals surface area contributed by atoms with E-state index in [1.165, 1.54) is 0 Å². The lowest BCUT2D eigenvalue weighted by Crippen LogP contribution is -2.43. The van der Waals surface area contributed by atoms with Gasteiger partial charge in [-0.3, -0.25) is 0 Å². The van der Waals surface area contributed by atoms with Crippen LogP contribution in [0, 0.1) is 12.3 Å². The number of nitrogens with zero attached hydrogens (tertiary/aromatic N) is 3. The molecule has 2 heterocycles. The molecule has 78 valence electrons. The largest absolute Gasteiger partial charge is 0.318 e. The van der Waals surface area contributed by atoms with Gasteiger partial charge >= 0.3 is 0 Å². The normalized spacial score (nSPS) is 21.6. The molecule has 0 aromatic carbocycles. The van der Waals surface area contributed by atoms with Crippen molar-refractivity contribution in [2.75, 3.05) is 11.2 Å². The van der Waals surface area contributed by atoms with Crippen molar-refractivity contribution in [3.8, 4) is 0 Å². The molecule has 0 bridgehead atoms. The highest BCUT2D eigenvalue weighted by Gasteiger charge is 2.30. The second-order valence-corrected chi connectivity index (χ2v) is 5.71. The van der Waals surface area contributed by atoms with Crippen LogP contribution in [-0.4, -0.2) is 26.7 Å². The molecule has 0 spiro atoms. The molecule has 1 aromatic heterocycles. The zero-order valence-corrected chi connectivity index (χ0v) is 9.85. The molecule has 1 aromatic rings. The van der Waals surface area contributed by atoms with E-state index in [4.69, 9.17) is 0 Å². The number of nitrogens with one attached hydrogen (secondary N) is 1. The standard InChI is InChI=1S/C9H16N4S/c1-6-10-11-8-13(6)12-7(5-14-8)9(2,3)4/h7,12H,5H2,1-4H3. The number of rotatable bonds is 0. The fraction of sp³-hybridized carbons (Fsp3) is 0.778. The molecule has 1 atom stereocenters. The maximum Gasteiger partial charge on any atom is 0.210 e. The van der Waals surface area contributed by atoms with Crippen LogP contribution in [-0.2, 0) is 0 Å². The van der Waals surface area contributed by atoms with Crippen LogP contribution in [0.4, 0.5) is 0 Å². The van der Waals surface area contributed by atoms with Crippen molar-refractivity contribution in [3.63, 3.8) is 0 Å². The van der Waals surface area contributed by atoms with E-state index in [1.54, 1.807) is 11.8 Å². The zero-order chi connectivity index (χ0) is 10.3. The van der Waals surface area contributed by atoms with Crippen LogP contribution in [0.5, 0.6) is 0 Å². The lowest BCUT2D eigenvalue weighted by Gasteiger charge is -2.35. The third-order valence-electron chi connectivity index (χ3n) is 2.50. The number of aryl methyl sites for hydroxylation is 1. The molecule has 1 N–H and O–H groups in total. The Bertz CT molecular complexity index is 339. The summed E-state index contributed by atoms with van der Waals surface area (Å²) in [6, 6.07) is 0.467. The quantitative estimate of drug-likeness (QED) is 0.710. The third-order valence-corrected chi connectivity index (χ3v) is 3.53. The molecule has 1 aliphatic rings. The van der Waals surface area contributed by atoms with Gasteiger partial charge in [-0.1, -0.05) is 32.5 Å². The topological polar surface area (TPSA) is 42.7 Å². The first-order chi connectivity index (χ1) is 6.48. The fourth-order valence-corrected chi connectivity index (χ4v) is 2.68. The van der Waals surface area contributed by atoms with Crippen LogP contribution < -0.4 is 5.43 Å². The van der Waals surface area contributed by atoms with Gasteiger partial charge in [-0.15, -0.1) is 10.2 Å². The highest BCUT2D eigenvalue weighted by molar-refractivity contribution is 7.99. The average Bonchev–Trinajstić information content (AvgIpc) is 2.46. The van der Waals surface area contributed by atoms with E-state index in [9.17, 15) is 0 Å². The van der Waals surface area contributed by atoms with Crippen molar-refractivity contribution in [1.29, 1.82) is 0 Å². The van der Waals surface area contributed by atoms with Gasteiger partial charge in [0.15, 0.2) is 0 Å². The minimum absolute atomic E-state index is 0.265. The van der Waals surface area contributed by atoms with E-state index in [1.807, 2.05) is 11.6 Å². The Hall–Kier alpha value is -0.710. The van der Waals surface area contributed by atoms with E-state index < -0.39 is 0 Å². The monoisotopic (exact) mass is 212 g/mol. The summed E-state index contributed by atoms with van der Waals surface area (Å²) in [6.45, 7) is 8.71. The summed E-state index contributed by atoms with van der Waals surface area (Å²) in [7, 11) is 0. The highest BCUT2D eigenvalue weighted by atomic mass is 32.2. The first-order valence-corrected chi connectivity index (χ1v) is 5.78. The maximum absolute atomic E-state index is 4.09. The Kier molecular flexibility index (Phi) is 2.21. The minimum atomic E-state index is 0.265. The van der Waals surface area contributed by atoms with Crippen molar-refractivity contribution in [2.45, 2.75) is 38.9 Å². The molecule has 0 saturated heterocycles. The van der Waals surface area contributed by atoms with E-state index in [2.05, 4.69) is 36.4 Å². The summed E-state index contributed by atoms with van der Waals surface area (Å²) in [5, 5.41) is 9.11. The Morgan fingerprint density at radius 2 is 2.14 bits per heavy atom. The van der Waals surface area contributed by atoms with Crippen molar-refractivity contribution in [3.05, 3.63) is 5.82 Å². The van der Waals surface area contributed by atoms with Crippen LogP contribution in [0.3, 0.4) is 0 Å². The van der Waals surface area contributed by atoms with Crippen LogP contribution >= 0.6 is 11.8 Å². The number of hydrogen-bond acceptors (Lipinski definition) is 4. The van der Waals surface area contributed by atoms with Gasteiger partial charge in [0.05, 0.1) is 6.04 Å². The van der Waals surface area contributed by atoms with Crippen molar-refractivity contribution in [1.82, 2.24) is 14.9 Å². The summed E-state index contributed by atoms with van der Waals surface area (Å²) in [5.74, 6) is 1.99. The molecular weight excluding hydrogens is 196 g/mol. The predicted octanol–water partition coefficient (Wildman–Crippen LogP) is 1.65. The smallest absolute Gasteiger partial charge is 0.210 e. The lowest BCUT2D eigenvalue weighted by molar-refractivity contribution is 0.336. The van der Waals surface area contributed by atoms with Crippen LogP contribution in [0.15, 0.2) is 5.16 Å². The number of thioether (sulfide) groups is 1. The number of fused-ring (bicyclic) bond motifs is 1. The van der Waals surface area contributed by atoms with Gasteiger partial charge in [-0.2, -0.15) is 0 Å². The van der Waals surface area contributed by atoms with Crippen molar-refractivity contribution in [2.24, 2.45) is 5.41 Å². The molecule has 4 nitrogen and oxygen atoms in total. The summed E-state index contributed by atoms with van der Waals surface area (Å²) >= 11 is 1.77. The lowest BCUT2D eigenvalue weighted by atomic mass is 9.88. The van der Waals surface area contributed by atoms with E-state index in [0.29, 0.717) is 6.04 Å². The molecule has 1 unspecified atom stereocenters. The SMILES string of the molecule is Cc1nnc2n1NC(C(C)(C)C)CS2. The molecule has 1 aliphatic heterocycles. The first kappa shape index (κ1) is 9.83. The fourth-order valence-electron chi connectivity index (χ4n) is 1.38. The molecule has 0 aliphatic carbocycles. The molecular formula is C9H16N4S. The van der Waals surface area contributed by atoms with Gasteiger partial charge in [-0.25, -0.2) is 4.68 Å². The minimum Gasteiger partial charge on any atom is -0.318 e. The summed E-state index contributed by atoms with van der Waals surface area (Å²) in [6.07, 6.45) is 0. The molecule has 0 radical (unpaired) electrons. The van der Waals surface area contributed by atoms with Gasteiger partial charge in [0.2, 0.25) is 5.16 Å². The van der Waals surface area contributed by atoms with Gasteiger partial charge in [-0.05, 0) is 12.3 Å². The number of aromatic nitrogens is 3. The van der Waals surface area contributed by atoms with Crippen molar-refractivity contribution >= 4 is 11.8 Å². The van der Waals surface area contributed by atoms with Gasteiger partial charge in [0.25, 0.3) is 0 Å². The summed E-state index contributed by atoms with van der Waals surface area (Å²) in [4.78, 5) is 0. The second kappa shape index (κ2) is 3.15. The van der Waals surface area contributed by atoms with E-state index in [0.717, 1.165) is 16.7 Å². The Morgan fingerprint density at radius 3 is 2.79 bits per heavy atom.